The average Bonchev–Trinajstić information content (AvgIpc) is 2.53. The molecule has 0 bridgehead atoms. The molecule has 0 aliphatic rings. The molecule has 0 unspecified atom stereocenters. The van der Waals surface area contributed by atoms with Crippen LogP contribution in [0.3, 0.4) is 0 Å². The van der Waals surface area contributed by atoms with Gasteiger partial charge in [-0.15, -0.1) is 0 Å². The van der Waals surface area contributed by atoms with Gasteiger partial charge in [-0.2, -0.15) is 11.8 Å². The molecule has 0 spiro atoms. The summed E-state index contributed by atoms with van der Waals surface area (Å²) in [5.74, 6) is 0.966. The number of carbonyl (C=O) groups is 1. The van der Waals surface area contributed by atoms with Gasteiger partial charge in [0.25, 0.3) is 5.91 Å². The van der Waals surface area contributed by atoms with Gasteiger partial charge in [0, 0.05) is 18.3 Å². The molecule has 1 aromatic heterocycles. The van der Waals surface area contributed by atoms with Crippen LogP contribution in [0.15, 0.2) is 23.5 Å². The minimum Gasteiger partial charge on any atom is -0.409 e. The van der Waals surface area contributed by atoms with E-state index in [-0.39, 0.29) is 11.7 Å². The minimum absolute atomic E-state index is 0.0281. The normalized spacial score (nSPS) is 11.4. The van der Waals surface area contributed by atoms with E-state index in [2.05, 4.69) is 21.7 Å². The number of nitrogens with two attached hydrogens (primary N) is 1. The lowest BCUT2D eigenvalue weighted by molar-refractivity contribution is 0.0948. The molecule has 0 aliphatic carbocycles. The predicted octanol–water partition coefficient (Wildman–Crippen LogP) is 1.83. The summed E-state index contributed by atoms with van der Waals surface area (Å²) in [7, 11) is 0. The van der Waals surface area contributed by atoms with Crippen molar-refractivity contribution in [3.05, 3.63) is 29.6 Å². The van der Waals surface area contributed by atoms with Gasteiger partial charge in [0.2, 0.25) is 0 Å². The number of hydrogen-bond donors (Lipinski definition) is 3. The van der Waals surface area contributed by atoms with Crippen LogP contribution >= 0.6 is 11.8 Å². The van der Waals surface area contributed by atoms with Gasteiger partial charge in [0.15, 0.2) is 5.84 Å². The van der Waals surface area contributed by atoms with E-state index in [1.807, 2.05) is 11.8 Å². The topological polar surface area (TPSA) is 101 Å². The van der Waals surface area contributed by atoms with Gasteiger partial charge < -0.3 is 16.3 Å². The number of nitrogens with one attached hydrogen (secondary N) is 1. The number of oxime groups is 1. The quantitative estimate of drug-likeness (QED) is 0.212. The smallest absolute Gasteiger partial charge is 0.269 e. The summed E-state index contributed by atoms with van der Waals surface area (Å²) in [6, 6.07) is 3.15. The number of carbonyl (C=O) groups excluding carboxylic acids is 1. The fraction of sp³-hybridized carbons (Fsp3) is 0.500. The Morgan fingerprint density at radius 1 is 1.38 bits per heavy atom. The van der Waals surface area contributed by atoms with Crippen LogP contribution in [-0.2, 0) is 0 Å². The van der Waals surface area contributed by atoms with Gasteiger partial charge in [-0.25, -0.2) is 0 Å². The number of amides is 1. The Balaban J connectivity index is 2.29. The maximum atomic E-state index is 11.8. The first-order chi connectivity index (χ1) is 10.2. The van der Waals surface area contributed by atoms with E-state index in [1.165, 1.54) is 24.8 Å². The van der Waals surface area contributed by atoms with Crippen LogP contribution in [0, 0.1) is 0 Å². The van der Waals surface area contributed by atoms with E-state index in [0.29, 0.717) is 17.8 Å². The number of unbranched alkanes of at least 4 members (excludes halogenated alkanes) is 3. The maximum absolute atomic E-state index is 11.8. The van der Waals surface area contributed by atoms with Crippen molar-refractivity contribution in [3.63, 3.8) is 0 Å². The summed E-state index contributed by atoms with van der Waals surface area (Å²) in [6.07, 6.45) is 8.04. The molecule has 116 valence electrons. The van der Waals surface area contributed by atoms with E-state index in [4.69, 9.17) is 10.9 Å². The highest BCUT2D eigenvalue weighted by Gasteiger charge is 2.07. The van der Waals surface area contributed by atoms with Gasteiger partial charge in [0.1, 0.15) is 5.69 Å². The number of rotatable bonds is 9. The number of thioether (sulfide) groups is 1. The molecule has 0 atom stereocenters. The van der Waals surface area contributed by atoms with Crippen LogP contribution in [0.25, 0.3) is 0 Å². The molecule has 1 amide bonds. The Morgan fingerprint density at radius 2 is 2.14 bits per heavy atom. The van der Waals surface area contributed by atoms with Crippen LogP contribution in [0.5, 0.6) is 0 Å². The molecule has 0 aliphatic heterocycles. The Kier molecular flexibility index (Phi) is 8.27. The van der Waals surface area contributed by atoms with Crippen molar-refractivity contribution >= 4 is 23.5 Å². The second kappa shape index (κ2) is 10.0. The second-order valence-electron chi connectivity index (χ2n) is 4.58. The van der Waals surface area contributed by atoms with Crippen molar-refractivity contribution in [2.75, 3.05) is 18.6 Å². The molecular formula is C14H22N4O2S. The van der Waals surface area contributed by atoms with Gasteiger partial charge in [-0.3, -0.25) is 9.78 Å². The number of pyridine rings is 1. The SMILES string of the molecule is CSCCCCCCNC(=O)c1ccc(/C(N)=N/O)cn1. The third-order valence-corrected chi connectivity index (χ3v) is 3.66. The zero-order valence-corrected chi connectivity index (χ0v) is 13.0. The predicted molar refractivity (Wildman–Crippen MR) is 85.9 cm³/mol. The van der Waals surface area contributed by atoms with Crippen molar-refractivity contribution in [1.82, 2.24) is 10.3 Å². The highest BCUT2D eigenvalue weighted by atomic mass is 32.2. The summed E-state index contributed by atoms with van der Waals surface area (Å²) in [5, 5.41) is 14.3. The Bertz CT molecular complexity index is 463. The van der Waals surface area contributed by atoms with E-state index < -0.39 is 0 Å². The Hall–Kier alpha value is -1.76. The van der Waals surface area contributed by atoms with E-state index in [9.17, 15) is 4.79 Å². The first-order valence-electron chi connectivity index (χ1n) is 6.90. The lowest BCUT2D eigenvalue weighted by Crippen LogP contribution is -2.25. The van der Waals surface area contributed by atoms with Crippen molar-refractivity contribution in [1.29, 1.82) is 0 Å². The average molecular weight is 310 g/mol. The molecular weight excluding hydrogens is 288 g/mol. The van der Waals surface area contributed by atoms with E-state index in [0.717, 1.165) is 12.8 Å². The van der Waals surface area contributed by atoms with Crippen LogP contribution in [0.4, 0.5) is 0 Å². The fourth-order valence-electron chi connectivity index (χ4n) is 1.75. The van der Waals surface area contributed by atoms with Crippen molar-refractivity contribution < 1.29 is 10.0 Å². The largest absolute Gasteiger partial charge is 0.409 e. The summed E-state index contributed by atoms with van der Waals surface area (Å²) in [6.45, 7) is 0.655. The molecule has 1 aromatic rings. The lowest BCUT2D eigenvalue weighted by Gasteiger charge is -2.05. The van der Waals surface area contributed by atoms with Crippen molar-refractivity contribution in [3.8, 4) is 0 Å². The van der Waals surface area contributed by atoms with Crippen molar-refractivity contribution in [2.24, 2.45) is 10.9 Å². The third-order valence-electron chi connectivity index (χ3n) is 2.96. The molecule has 4 N–H and O–H groups in total. The number of nitrogens with zero attached hydrogens (tertiary/aromatic N) is 2. The highest BCUT2D eigenvalue weighted by Crippen LogP contribution is 2.04. The Morgan fingerprint density at radius 3 is 2.76 bits per heavy atom. The number of amidine groups is 1. The summed E-state index contributed by atoms with van der Waals surface area (Å²) >= 11 is 1.86. The van der Waals surface area contributed by atoms with Crippen LogP contribution < -0.4 is 11.1 Å². The molecule has 0 aromatic carbocycles. The second-order valence-corrected chi connectivity index (χ2v) is 5.57. The summed E-state index contributed by atoms with van der Waals surface area (Å²) in [4.78, 5) is 15.8. The monoisotopic (exact) mass is 310 g/mol. The van der Waals surface area contributed by atoms with E-state index >= 15 is 0 Å². The number of hydrogen-bond acceptors (Lipinski definition) is 5. The van der Waals surface area contributed by atoms with Crippen LogP contribution in [0.1, 0.15) is 41.7 Å². The molecule has 1 rings (SSSR count). The van der Waals surface area contributed by atoms with Crippen LogP contribution in [-0.4, -0.2) is 40.5 Å². The fourth-order valence-corrected chi connectivity index (χ4v) is 2.25. The zero-order valence-electron chi connectivity index (χ0n) is 12.2. The Labute approximate surface area is 129 Å². The van der Waals surface area contributed by atoms with Gasteiger partial charge in [-0.05, 0) is 37.0 Å². The summed E-state index contributed by atoms with van der Waals surface area (Å²) in [5.41, 5.74) is 6.23. The highest BCUT2D eigenvalue weighted by molar-refractivity contribution is 7.98. The van der Waals surface area contributed by atoms with Gasteiger partial charge >= 0.3 is 0 Å². The molecule has 1 heterocycles. The molecule has 0 saturated carbocycles. The minimum atomic E-state index is -0.204. The van der Waals surface area contributed by atoms with Crippen LogP contribution in [0.2, 0.25) is 0 Å². The van der Waals surface area contributed by atoms with E-state index in [1.54, 1.807) is 12.1 Å². The molecule has 0 saturated heterocycles. The molecule has 6 nitrogen and oxygen atoms in total. The molecule has 0 radical (unpaired) electrons. The third kappa shape index (κ3) is 6.48. The van der Waals surface area contributed by atoms with Gasteiger partial charge in [-0.1, -0.05) is 18.0 Å². The van der Waals surface area contributed by atoms with Crippen molar-refractivity contribution in [2.45, 2.75) is 25.7 Å². The summed E-state index contributed by atoms with van der Waals surface area (Å²) < 4.78 is 0. The molecule has 0 fully saturated rings. The standard InChI is InChI=1S/C14H22N4O2S/c1-21-9-5-3-2-4-8-16-14(19)12-7-6-11(10-17-12)13(15)18-20/h6-7,10,20H,2-5,8-9H2,1H3,(H2,15,18)(H,16,19). The lowest BCUT2D eigenvalue weighted by atomic mass is 10.2. The number of aromatic nitrogens is 1. The maximum Gasteiger partial charge on any atom is 0.269 e. The zero-order chi connectivity index (χ0) is 15.5. The molecule has 21 heavy (non-hydrogen) atoms. The molecule has 7 heteroatoms. The first kappa shape index (κ1) is 17.3. The van der Waals surface area contributed by atoms with Gasteiger partial charge in [0.05, 0.1) is 0 Å². The first-order valence-corrected chi connectivity index (χ1v) is 8.29.